The van der Waals surface area contributed by atoms with Crippen LogP contribution in [0.15, 0.2) is 84.9 Å². The van der Waals surface area contributed by atoms with E-state index in [4.69, 9.17) is 4.74 Å². The van der Waals surface area contributed by atoms with Crippen LogP contribution >= 0.6 is 0 Å². The summed E-state index contributed by atoms with van der Waals surface area (Å²) in [6.45, 7) is 0. The number of rotatable bonds is 4. The van der Waals surface area contributed by atoms with Gasteiger partial charge in [0.05, 0.1) is 12.7 Å². The number of carbonyl (C=O) groups is 1. The Morgan fingerprint density at radius 1 is 0.750 bits per heavy atom. The summed E-state index contributed by atoms with van der Waals surface area (Å²) in [5.74, 6) is -0.331. The zero-order chi connectivity index (χ0) is 16.8. The van der Waals surface area contributed by atoms with Gasteiger partial charge in [0.1, 0.15) is 0 Å². The molecule has 0 spiro atoms. The normalized spacial score (nSPS) is 10.0. The molecule has 0 aromatic heterocycles. The predicted octanol–water partition coefficient (Wildman–Crippen LogP) is 5.06. The van der Waals surface area contributed by atoms with E-state index in [-0.39, 0.29) is 5.97 Å². The molecule has 0 aliphatic heterocycles. The molecule has 0 unspecified atom stereocenters. The van der Waals surface area contributed by atoms with Crippen LogP contribution < -0.4 is 0 Å². The molecule has 0 bridgehead atoms. The molecular weight excluding hydrogens is 296 g/mol. The number of hydrogen-bond donors (Lipinski definition) is 0. The van der Waals surface area contributed by atoms with Crippen molar-refractivity contribution in [3.8, 4) is 0 Å². The molecule has 0 aliphatic carbocycles. The van der Waals surface area contributed by atoms with Gasteiger partial charge in [-0.05, 0) is 34.4 Å². The number of esters is 1. The van der Waals surface area contributed by atoms with Crippen molar-refractivity contribution < 1.29 is 9.53 Å². The Hall–Kier alpha value is -3.13. The lowest BCUT2D eigenvalue weighted by molar-refractivity contribution is 0.0600. The summed E-state index contributed by atoms with van der Waals surface area (Å²) in [6.07, 6.45) is 2.04. The van der Waals surface area contributed by atoms with Crippen LogP contribution in [-0.2, 0) is 4.74 Å². The van der Waals surface area contributed by atoms with Crippen LogP contribution in [0, 0.1) is 0 Å². The van der Waals surface area contributed by atoms with Crippen molar-refractivity contribution in [1.29, 1.82) is 0 Å². The molecule has 0 atom stereocenters. The smallest absolute Gasteiger partial charge is 0.338 e. The molecule has 0 saturated carbocycles. The summed E-state index contributed by atoms with van der Waals surface area (Å²) in [5.41, 5.74) is 4.66. The first-order valence-corrected chi connectivity index (χ1v) is 7.79. The molecule has 0 aliphatic rings. The molecule has 2 heteroatoms. The topological polar surface area (TPSA) is 26.3 Å². The van der Waals surface area contributed by atoms with Gasteiger partial charge < -0.3 is 4.74 Å². The second-order valence-corrected chi connectivity index (χ2v) is 5.37. The van der Waals surface area contributed by atoms with Gasteiger partial charge in [0.15, 0.2) is 0 Å². The Morgan fingerprint density at radius 2 is 1.25 bits per heavy atom. The van der Waals surface area contributed by atoms with E-state index >= 15 is 0 Å². The lowest BCUT2D eigenvalue weighted by Gasteiger charge is -2.10. The van der Waals surface area contributed by atoms with Crippen molar-refractivity contribution in [3.05, 3.63) is 107 Å². The predicted molar refractivity (Wildman–Crippen MR) is 97.6 cm³/mol. The van der Waals surface area contributed by atoms with Crippen LogP contribution in [0.25, 0.3) is 11.6 Å². The summed E-state index contributed by atoms with van der Waals surface area (Å²) < 4.78 is 4.90. The number of methoxy groups -OCH3 is 1. The molecule has 0 saturated heterocycles. The van der Waals surface area contributed by atoms with Crippen molar-refractivity contribution in [2.24, 2.45) is 0 Å². The molecule has 3 aromatic carbocycles. The van der Waals surface area contributed by atoms with Crippen molar-refractivity contribution in [1.82, 2.24) is 0 Å². The Bertz CT molecular complexity index is 808. The third-order valence-corrected chi connectivity index (χ3v) is 3.84. The van der Waals surface area contributed by atoms with Gasteiger partial charge in [-0.2, -0.15) is 0 Å². The quantitative estimate of drug-likeness (QED) is 0.497. The fourth-order valence-electron chi connectivity index (χ4n) is 2.64. The fourth-order valence-corrected chi connectivity index (χ4v) is 2.64. The molecule has 0 heterocycles. The van der Waals surface area contributed by atoms with Crippen LogP contribution in [0.3, 0.4) is 0 Å². The highest BCUT2D eigenvalue weighted by Crippen LogP contribution is 2.27. The molecule has 24 heavy (non-hydrogen) atoms. The molecule has 0 radical (unpaired) electrons. The van der Waals surface area contributed by atoms with E-state index in [1.54, 1.807) is 6.07 Å². The second-order valence-electron chi connectivity index (χ2n) is 5.37. The molecule has 118 valence electrons. The van der Waals surface area contributed by atoms with Crippen LogP contribution in [0.4, 0.5) is 0 Å². The summed E-state index contributed by atoms with van der Waals surface area (Å²) in [4.78, 5) is 12.0. The summed E-state index contributed by atoms with van der Waals surface area (Å²) in [6, 6.07) is 27.8. The van der Waals surface area contributed by atoms with Gasteiger partial charge >= 0.3 is 5.97 Å². The highest BCUT2D eigenvalue weighted by Gasteiger charge is 2.11. The summed E-state index contributed by atoms with van der Waals surface area (Å²) >= 11 is 0. The van der Waals surface area contributed by atoms with Gasteiger partial charge in [0, 0.05) is 0 Å². The maximum Gasteiger partial charge on any atom is 0.338 e. The van der Waals surface area contributed by atoms with E-state index in [9.17, 15) is 4.79 Å². The first-order valence-electron chi connectivity index (χ1n) is 7.79. The molecular formula is C22H18O2. The Labute approximate surface area is 142 Å². The lowest BCUT2D eigenvalue weighted by atomic mass is 9.94. The van der Waals surface area contributed by atoms with Gasteiger partial charge in [-0.15, -0.1) is 0 Å². The number of hydrogen-bond acceptors (Lipinski definition) is 2. The molecule has 0 N–H and O–H groups in total. The molecule has 0 amide bonds. The summed E-state index contributed by atoms with van der Waals surface area (Å²) in [7, 11) is 1.40. The maximum atomic E-state index is 12.0. The van der Waals surface area contributed by atoms with Gasteiger partial charge in [-0.25, -0.2) is 4.79 Å². The van der Waals surface area contributed by atoms with E-state index < -0.39 is 0 Å². The third-order valence-electron chi connectivity index (χ3n) is 3.84. The molecule has 3 aromatic rings. The standard InChI is InChI=1S/C22H18O2/c1-24-22(23)20-15-9-8-14-19(20)16-21(17-10-4-2-5-11-17)18-12-6-3-7-13-18/h2-16H,1H3. The number of benzene rings is 3. The Kier molecular flexibility index (Phi) is 4.87. The monoisotopic (exact) mass is 314 g/mol. The third kappa shape index (κ3) is 3.44. The van der Waals surface area contributed by atoms with E-state index in [1.807, 2.05) is 60.7 Å². The zero-order valence-electron chi connectivity index (χ0n) is 13.5. The largest absolute Gasteiger partial charge is 0.465 e. The van der Waals surface area contributed by atoms with E-state index in [0.29, 0.717) is 5.56 Å². The van der Waals surface area contributed by atoms with Crippen LogP contribution in [-0.4, -0.2) is 13.1 Å². The Morgan fingerprint density at radius 3 is 1.79 bits per heavy atom. The highest BCUT2D eigenvalue weighted by molar-refractivity contribution is 5.98. The minimum absolute atomic E-state index is 0.331. The molecule has 0 fully saturated rings. The van der Waals surface area contributed by atoms with Gasteiger partial charge in [0.2, 0.25) is 0 Å². The number of ether oxygens (including phenoxy) is 1. The minimum atomic E-state index is -0.331. The van der Waals surface area contributed by atoms with Crippen molar-refractivity contribution >= 4 is 17.6 Å². The van der Waals surface area contributed by atoms with E-state index in [2.05, 4.69) is 24.3 Å². The maximum absolute atomic E-state index is 12.0. The van der Waals surface area contributed by atoms with E-state index in [0.717, 1.165) is 22.3 Å². The molecule has 3 rings (SSSR count). The van der Waals surface area contributed by atoms with Gasteiger partial charge in [-0.3, -0.25) is 0 Å². The SMILES string of the molecule is COC(=O)c1ccccc1C=C(c1ccccc1)c1ccccc1. The van der Waals surface area contributed by atoms with Crippen LogP contribution in [0.2, 0.25) is 0 Å². The molecule has 2 nitrogen and oxygen atoms in total. The van der Waals surface area contributed by atoms with Gasteiger partial charge in [0.25, 0.3) is 0 Å². The fraction of sp³-hybridized carbons (Fsp3) is 0.0455. The van der Waals surface area contributed by atoms with Crippen molar-refractivity contribution in [3.63, 3.8) is 0 Å². The lowest BCUT2D eigenvalue weighted by Crippen LogP contribution is -2.03. The van der Waals surface area contributed by atoms with Crippen LogP contribution in [0.5, 0.6) is 0 Å². The minimum Gasteiger partial charge on any atom is -0.465 e. The van der Waals surface area contributed by atoms with E-state index in [1.165, 1.54) is 7.11 Å². The van der Waals surface area contributed by atoms with Crippen molar-refractivity contribution in [2.75, 3.05) is 7.11 Å². The average Bonchev–Trinajstić information content (AvgIpc) is 2.67. The average molecular weight is 314 g/mol. The van der Waals surface area contributed by atoms with Crippen LogP contribution in [0.1, 0.15) is 27.0 Å². The second kappa shape index (κ2) is 7.42. The summed E-state index contributed by atoms with van der Waals surface area (Å²) in [5, 5.41) is 0. The first-order chi connectivity index (χ1) is 11.8. The van der Waals surface area contributed by atoms with Gasteiger partial charge in [-0.1, -0.05) is 78.9 Å². The zero-order valence-corrected chi connectivity index (χ0v) is 13.5. The highest BCUT2D eigenvalue weighted by atomic mass is 16.5. The number of carbonyl (C=O) groups excluding carboxylic acids is 1. The Balaban J connectivity index is 2.17. The van der Waals surface area contributed by atoms with Crippen molar-refractivity contribution in [2.45, 2.75) is 0 Å². The first kappa shape index (κ1) is 15.8.